The van der Waals surface area contributed by atoms with Crippen molar-refractivity contribution in [2.45, 2.75) is 31.4 Å². The van der Waals surface area contributed by atoms with E-state index in [1.165, 1.54) is 12.0 Å². The zero-order chi connectivity index (χ0) is 17.6. The molecule has 5 nitrogen and oxygen atoms in total. The first-order valence-electron chi connectivity index (χ1n) is 9.64. The fraction of sp³-hybridized carbons (Fsp3) is 0.429. The topological polar surface area (TPSA) is 59.6 Å². The van der Waals surface area contributed by atoms with Gasteiger partial charge in [0.25, 0.3) is 0 Å². The Hall–Kier alpha value is -2.08. The number of rotatable bonds is 3. The number of para-hydroxylation sites is 1. The zero-order valence-corrected chi connectivity index (χ0v) is 14.9. The molecule has 2 aliphatic heterocycles. The van der Waals surface area contributed by atoms with Crippen molar-refractivity contribution in [3.63, 3.8) is 0 Å². The van der Waals surface area contributed by atoms with Gasteiger partial charge in [-0.15, -0.1) is 5.53 Å². The summed E-state index contributed by atoms with van der Waals surface area (Å²) in [6.45, 7) is 2.87. The van der Waals surface area contributed by atoms with Crippen molar-refractivity contribution in [3.05, 3.63) is 59.7 Å². The second kappa shape index (κ2) is 6.27. The van der Waals surface area contributed by atoms with E-state index < -0.39 is 5.60 Å². The van der Waals surface area contributed by atoms with Crippen LogP contribution in [0.4, 0.5) is 11.4 Å². The molecule has 4 N–H and O–H groups in total. The molecule has 2 bridgehead atoms. The SMILES string of the molecule is OC1(c2cccc3c2NNN3)C2CCCC1CN(Cc1ccccc1)C2. The lowest BCUT2D eigenvalue weighted by atomic mass is 9.62. The summed E-state index contributed by atoms with van der Waals surface area (Å²) < 4.78 is 0. The van der Waals surface area contributed by atoms with Gasteiger partial charge < -0.3 is 16.0 Å². The Morgan fingerprint density at radius 1 is 0.962 bits per heavy atom. The summed E-state index contributed by atoms with van der Waals surface area (Å²) >= 11 is 0. The van der Waals surface area contributed by atoms with E-state index in [2.05, 4.69) is 57.7 Å². The van der Waals surface area contributed by atoms with Gasteiger partial charge in [0, 0.05) is 37.0 Å². The Morgan fingerprint density at radius 3 is 2.50 bits per heavy atom. The highest BCUT2D eigenvalue weighted by atomic mass is 16.3. The first-order valence-corrected chi connectivity index (χ1v) is 9.64. The van der Waals surface area contributed by atoms with E-state index in [1.54, 1.807) is 0 Å². The van der Waals surface area contributed by atoms with Crippen molar-refractivity contribution in [1.29, 1.82) is 0 Å². The van der Waals surface area contributed by atoms with Crippen molar-refractivity contribution in [1.82, 2.24) is 10.4 Å². The molecule has 3 aliphatic rings. The number of hydrogen-bond acceptors (Lipinski definition) is 5. The molecular formula is C21H26N4O. The zero-order valence-electron chi connectivity index (χ0n) is 14.9. The third kappa shape index (κ3) is 2.50. The predicted molar refractivity (Wildman–Crippen MR) is 103 cm³/mol. The van der Waals surface area contributed by atoms with Gasteiger partial charge in [0.1, 0.15) is 0 Å². The average molecular weight is 350 g/mol. The van der Waals surface area contributed by atoms with Crippen LogP contribution < -0.4 is 16.4 Å². The maximum absolute atomic E-state index is 11.9. The van der Waals surface area contributed by atoms with Crippen LogP contribution in [0.25, 0.3) is 0 Å². The van der Waals surface area contributed by atoms with Crippen LogP contribution in [0.15, 0.2) is 48.5 Å². The molecule has 2 heterocycles. The predicted octanol–water partition coefficient (Wildman–Crippen LogP) is 3.06. The molecule has 5 rings (SSSR count). The second-order valence-electron chi connectivity index (χ2n) is 7.93. The fourth-order valence-electron chi connectivity index (χ4n) is 5.24. The largest absolute Gasteiger partial charge is 0.384 e. The Balaban J connectivity index is 1.45. The molecule has 1 saturated carbocycles. The summed E-state index contributed by atoms with van der Waals surface area (Å²) in [6.07, 6.45) is 3.39. The van der Waals surface area contributed by atoms with Gasteiger partial charge in [0.2, 0.25) is 0 Å². The summed E-state index contributed by atoms with van der Waals surface area (Å²) in [7, 11) is 0. The molecule has 26 heavy (non-hydrogen) atoms. The minimum Gasteiger partial charge on any atom is -0.384 e. The third-order valence-corrected chi connectivity index (χ3v) is 6.44. The van der Waals surface area contributed by atoms with Gasteiger partial charge >= 0.3 is 0 Å². The summed E-state index contributed by atoms with van der Waals surface area (Å²) in [5.41, 5.74) is 12.9. The minimum atomic E-state index is -0.752. The van der Waals surface area contributed by atoms with Crippen molar-refractivity contribution in [2.24, 2.45) is 11.8 Å². The maximum atomic E-state index is 11.9. The first-order chi connectivity index (χ1) is 12.7. The van der Waals surface area contributed by atoms with Crippen LogP contribution in [0.2, 0.25) is 0 Å². The summed E-state index contributed by atoms with van der Waals surface area (Å²) in [5, 5.41) is 11.9. The summed E-state index contributed by atoms with van der Waals surface area (Å²) in [6, 6.07) is 16.8. The lowest BCUT2D eigenvalue weighted by Gasteiger charge is -2.53. The van der Waals surface area contributed by atoms with E-state index >= 15 is 0 Å². The number of nitrogens with one attached hydrogen (secondary N) is 3. The van der Waals surface area contributed by atoms with Crippen molar-refractivity contribution in [3.8, 4) is 0 Å². The number of likely N-dealkylation sites (tertiary alicyclic amines) is 1. The molecular weight excluding hydrogens is 324 g/mol. The molecule has 2 atom stereocenters. The van der Waals surface area contributed by atoms with E-state index in [9.17, 15) is 5.11 Å². The lowest BCUT2D eigenvalue weighted by Crippen LogP contribution is -2.58. The number of hydrogen-bond donors (Lipinski definition) is 4. The van der Waals surface area contributed by atoms with Gasteiger partial charge in [-0.3, -0.25) is 4.90 Å². The molecule has 0 aromatic heterocycles. The molecule has 0 spiro atoms. The highest BCUT2D eigenvalue weighted by Crippen LogP contribution is 2.52. The van der Waals surface area contributed by atoms with E-state index in [0.29, 0.717) is 0 Å². The molecule has 136 valence electrons. The normalized spacial score (nSPS) is 30.3. The monoisotopic (exact) mass is 350 g/mol. The second-order valence-corrected chi connectivity index (χ2v) is 7.93. The Labute approximate surface area is 154 Å². The van der Waals surface area contributed by atoms with Crippen LogP contribution in [-0.2, 0) is 12.1 Å². The van der Waals surface area contributed by atoms with Crippen LogP contribution in [0, 0.1) is 11.8 Å². The number of nitrogens with zero attached hydrogens (tertiary/aromatic N) is 1. The fourth-order valence-corrected chi connectivity index (χ4v) is 5.24. The summed E-state index contributed by atoms with van der Waals surface area (Å²) in [5.74, 6) is 0.542. The lowest BCUT2D eigenvalue weighted by molar-refractivity contribution is -0.148. The van der Waals surface area contributed by atoms with Gasteiger partial charge in [-0.1, -0.05) is 48.9 Å². The number of anilines is 2. The van der Waals surface area contributed by atoms with Gasteiger partial charge in [0.15, 0.2) is 0 Å². The quantitative estimate of drug-likeness (QED) is 0.685. The molecule has 2 unspecified atom stereocenters. The Kier molecular flexibility index (Phi) is 3.89. The van der Waals surface area contributed by atoms with Gasteiger partial charge in [-0.2, -0.15) is 0 Å². The number of fused-ring (bicyclic) bond motifs is 3. The minimum absolute atomic E-state index is 0.271. The van der Waals surface area contributed by atoms with Crippen LogP contribution in [0.1, 0.15) is 30.4 Å². The van der Waals surface area contributed by atoms with E-state index in [0.717, 1.165) is 49.4 Å². The van der Waals surface area contributed by atoms with Crippen molar-refractivity contribution >= 4 is 11.4 Å². The van der Waals surface area contributed by atoms with Crippen LogP contribution in [0.5, 0.6) is 0 Å². The van der Waals surface area contributed by atoms with Crippen LogP contribution in [0.3, 0.4) is 0 Å². The van der Waals surface area contributed by atoms with Crippen LogP contribution in [-0.4, -0.2) is 23.1 Å². The molecule has 0 amide bonds. The number of hydrazine groups is 2. The van der Waals surface area contributed by atoms with E-state index in [1.807, 2.05) is 12.1 Å². The van der Waals surface area contributed by atoms with Gasteiger partial charge in [-0.25, -0.2) is 0 Å². The molecule has 1 saturated heterocycles. The number of piperidine rings is 1. The highest BCUT2D eigenvalue weighted by molar-refractivity contribution is 5.76. The maximum Gasteiger partial charge on any atom is 0.0998 e. The molecule has 1 aliphatic carbocycles. The first kappa shape index (κ1) is 16.1. The van der Waals surface area contributed by atoms with Crippen molar-refractivity contribution < 1.29 is 5.11 Å². The van der Waals surface area contributed by atoms with Gasteiger partial charge in [-0.05, 0) is 24.5 Å². The Bertz CT molecular complexity index is 780. The number of aliphatic hydroxyl groups is 1. The van der Waals surface area contributed by atoms with E-state index in [-0.39, 0.29) is 11.8 Å². The van der Waals surface area contributed by atoms with Crippen LogP contribution >= 0.6 is 0 Å². The molecule has 2 aromatic carbocycles. The van der Waals surface area contributed by atoms with Crippen molar-refractivity contribution in [2.75, 3.05) is 23.9 Å². The Morgan fingerprint density at radius 2 is 1.73 bits per heavy atom. The van der Waals surface area contributed by atoms with E-state index in [4.69, 9.17) is 0 Å². The standard InChI is InChI=1S/C21H26N4O/c26-21(18-10-5-11-19-20(18)23-24-22-19)16-8-4-9-17(21)14-25(13-16)12-15-6-2-1-3-7-15/h1-3,5-7,10-11,16-17,22-24,26H,4,8-9,12-14H2. The molecule has 2 aromatic rings. The average Bonchev–Trinajstić information content (AvgIpc) is 3.12. The molecule has 0 radical (unpaired) electrons. The molecule has 2 fully saturated rings. The number of benzene rings is 2. The van der Waals surface area contributed by atoms with Gasteiger partial charge in [0.05, 0.1) is 17.0 Å². The third-order valence-electron chi connectivity index (χ3n) is 6.44. The summed E-state index contributed by atoms with van der Waals surface area (Å²) in [4.78, 5) is 2.53. The smallest absolute Gasteiger partial charge is 0.0998 e. The molecule has 5 heteroatoms. The highest BCUT2D eigenvalue weighted by Gasteiger charge is 2.52.